The summed E-state index contributed by atoms with van der Waals surface area (Å²) in [6, 6.07) is 0. The highest BCUT2D eigenvalue weighted by atomic mass is 28.3. The SMILES string of the molecule is CCOCCC(NC(CCOCC)[SiH](C)C)[SiH](C)C. The molecule has 0 aliphatic heterocycles. The highest BCUT2D eigenvalue weighted by Gasteiger charge is 2.21. The van der Waals surface area contributed by atoms with Crippen LogP contribution in [0.3, 0.4) is 0 Å². The third kappa shape index (κ3) is 9.79. The Hall–Kier alpha value is 0.314. The second kappa shape index (κ2) is 12.1. The number of nitrogens with one attached hydrogen (secondary N) is 1. The molecule has 0 aromatic rings. The van der Waals surface area contributed by atoms with Gasteiger partial charge in [0.15, 0.2) is 0 Å². The standard InChI is InChI=1S/C14H35NO2Si2/c1-7-16-11-9-13(18(3)4)15-14(19(5)6)10-12-17-8-2/h13-15,18-19H,7-12H2,1-6H3. The average molecular weight is 306 g/mol. The van der Waals surface area contributed by atoms with Crippen LogP contribution >= 0.6 is 0 Å². The molecule has 0 aliphatic rings. The lowest BCUT2D eigenvalue weighted by molar-refractivity contribution is 0.135. The molecule has 3 nitrogen and oxygen atoms in total. The fourth-order valence-corrected chi connectivity index (χ4v) is 5.29. The number of rotatable bonds is 12. The highest BCUT2D eigenvalue weighted by Crippen LogP contribution is 2.06. The number of ether oxygens (including phenoxy) is 2. The Morgan fingerprint density at radius 2 is 1.16 bits per heavy atom. The van der Waals surface area contributed by atoms with E-state index in [9.17, 15) is 0 Å². The van der Waals surface area contributed by atoms with E-state index in [4.69, 9.17) is 9.47 Å². The van der Waals surface area contributed by atoms with Gasteiger partial charge in [-0.3, -0.25) is 0 Å². The molecule has 0 bridgehead atoms. The van der Waals surface area contributed by atoms with Crippen molar-refractivity contribution >= 4 is 17.6 Å². The van der Waals surface area contributed by atoms with E-state index in [1.165, 1.54) is 12.8 Å². The third-order valence-electron chi connectivity index (χ3n) is 3.59. The van der Waals surface area contributed by atoms with Gasteiger partial charge in [-0.25, -0.2) is 0 Å². The second-order valence-electron chi connectivity index (χ2n) is 5.84. The van der Waals surface area contributed by atoms with E-state index in [0.717, 1.165) is 26.4 Å². The molecule has 0 radical (unpaired) electrons. The van der Waals surface area contributed by atoms with Crippen molar-refractivity contribution in [3.8, 4) is 0 Å². The number of hydrogen-bond acceptors (Lipinski definition) is 3. The van der Waals surface area contributed by atoms with Crippen LogP contribution in [0.1, 0.15) is 26.7 Å². The van der Waals surface area contributed by atoms with Crippen LogP contribution in [0.2, 0.25) is 26.2 Å². The molecular weight excluding hydrogens is 270 g/mol. The van der Waals surface area contributed by atoms with Crippen LogP contribution in [-0.4, -0.2) is 55.4 Å². The van der Waals surface area contributed by atoms with Crippen molar-refractivity contribution in [3.05, 3.63) is 0 Å². The number of hydrogen-bond donors (Lipinski definition) is 1. The first-order valence-electron chi connectivity index (χ1n) is 7.94. The lowest BCUT2D eigenvalue weighted by Crippen LogP contribution is -2.51. The Morgan fingerprint density at radius 3 is 1.42 bits per heavy atom. The third-order valence-corrected chi connectivity index (χ3v) is 7.86. The summed E-state index contributed by atoms with van der Waals surface area (Å²) in [6.45, 7) is 17.3. The zero-order chi connectivity index (χ0) is 14.7. The van der Waals surface area contributed by atoms with Gasteiger partial charge in [0.2, 0.25) is 0 Å². The maximum atomic E-state index is 5.52. The van der Waals surface area contributed by atoms with Gasteiger partial charge in [0.25, 0.3) is 0 Å². The van der Waals surface area contributed by atoms with Gasteiger partial charge >= 0.3 is 0 Å². The summed E-state index contributed by atoms with van der Waals surface area (Å²) in [5.74, 6) is 0. The molecule has 0 saturated carbocycles. The molecule has 0 rings (SSSR count). The molecule has 0 fully saturated rings. The largest absolute Gasteiger partial charge is 0.382 e. The Morgan fingerprint density at radius 1 is 0.789 bits per heavy atom. The van der Waals surface area contributed by atoms with Crippen LogP contribution in [-0.2, 0) is 9.47 Å². The minimum Gasteiger partial charge on any atom is -0.382 e. The Labute approximate surface area is 123 Å². The van der Waals surface area contributed by atoms with Gasteiger partial charge in [0.05, 0.1) is 17.6 Å². The molecule has 0 aromatic carbocycles. The molecule has 0 spiro atoms. The van der Waals surface area contributed by atoms with Gasteiger partial charge in [-0.1, -0.05) is 26.2 Å². The van der Waals surface area contributed by atoms with Crippen molar-refractivity contribution in [1.82, 2.24) is 5.32 Å². The monoisotopic (exact) mass is 305 g/mol. The lowest BCUT2D eigenvalue weighted by Gasteiger charge is -2.30. The molecule has 1 N–H and O–H groups in total. The van der Waals surface area contributed by atoms with Crippen molar-refractivity contribution in [1.29, 1.82) is 0 Å². The minimum absolute atomic E-state index is 0.676. The normalized spacial score (nSPS) is 15.2. The molecule has 0 heterocycles. The van der Waals surface area contributed by atoms with E-state index in [0.29, 0.717) is 11.3 Å². The molecule has 2 unspecified atom stereocenters. The van der Waals surface area contributed by atoms with Gasteiger partial charge in [-0.2, -0.15) is 0 Å². The predicted octanol–water partition coefficient (Wildman–Crippen LogP) is 2.22. The van der Waals surface area contributed by atoms with Crippen LogP contribution in [0.5, 0.6) is 0 Å². The van der Waals surface area contributed by atoms with E-state index in [1.54, 1.807) is 0 Å². The van der Waals surface area contributed by atoms with Gasteiger partial charge in [-0.05, 0) is 38.0 Å². The van der Waals surface area contributed by atoms with Gasteiger partial charge < -0.3 is 14.8 Å². The molecule has 0 aliphatic carbocycles. The molecular formula is C14H35NO2Si2. The molecule has 116 valence electrons. The topological polar surface area (TPSA) is 30.5 Å². The van der Waals surface area contributed by atoms with E-state index < -0.39 is 17.6 Å². The summed E-state index contributed by atoms with van der Waals surface area (Å²) in [5.41, 5.74) is 1.40. The smallest absolute Gasteiger partial charge is 0.0506 e. The van der Waals surface area contributed by atoms with Crippen LogP contribution in [0.4, 0.5) is 0 Å². The van der Waals surface area contributed by atoms with Crippen LogP contribution in [0.15, 0.2) is 0 Å². The lowest BCUT2D eigenvalue weighted by atomic mass is 10.4. The van der Waals surface area contributed by atoms with Gasteiger partial charge in [0.1, 0.15) is 0 Å². The molecule has 2 atom stereocenters. The fourth-order valence-electron chi connectivity index (χ4n) is 2.20. The maximum absolute atomic E-state index is 5.52. The van der Waals surface area contributed by atoms with E-state index in [2.05, 4.69) is 45.4 Å². The van der Waals surface area contributed by atoms with E-state index in [1.807, 2.05) is 0 Å². The quantitative estimate of drug-likeness (QED) is 0.443. The predicted molar refractivity (Wildman–Crippen MR) is 90.7 cm³/mol. The van der Waals surface area contributed by atoms with Crippen LogP contribution in [0, 0.1) is 0 Å². The minimum atomic E-state index is -0.676. The van der Waals surface area contributed by atoms with Crippen LogP contribution in [0.25, 0.3) is 0 Å². The van der Waals surface area contributed by atoms with Crippen molar-refractivity contribution < 1.29 is 9.47 Å². The zero-order valence-corrected chi connectivity index (χ0v) is 16.2. The average Bonchev–Trinajstić information content (AvgIpc) is 2.35. The first kappa shape index (κ1) is 19.3. The summed E-state index contributed by atoms with van der Waals surface area (Å²) < 4.78 is 11.0. The zero-order valence-electron chi connectivity index (χ0n) is 13.9. The first-order chi connectivity index (χ1) is 9.02. The molecule has 5 heteroatoms. The van der Waals surface area contributed by atoms with E-state index in [-0.39, 0.29) is 0 Å². The summed E-state index contributed by atoms with van der Waals surface area (Å²) in [4.78, 5) is 0. The Balaban J connectivity index is 4.22. The summed E-state index contributed by atoms with van der Waals surface area (Å²) in [7, 11) is -1.35. The van der Waals surface area contributed by atoms with Crippen molar-refractivity contribution in [2.75, 3.05) is 26.4 Å². The molecule has 0 aromatic heterocycles. The summed E-state index contributed by atoms with van der Waals surface area (Å²) >= 11 is 0. The highest BCUT2D eigenvalue weighted by molar-refractivity contribution is 6.59. The van der Waals surface area contributed by atoms with Crippen molar-refractivity contribution in [2.24, 2.45) is 0 Å². The Bertz CT molecular complexity index is 184. The summed E-state index contributed by atoms with van der Waals surface area (Å²) in [6.07, 6.45) is 2.34. The second-order valence-corrected chi connectivity index (χ2v) is 12.4. The molecule has 0 saturated heterocycles. The first-order valence-corrected chi connectivity index (χ1v) is 13.9. The van der Waals surface area contributed by atoms with Crippen LogP contribution < -0.4 is 5.32 Å². The maximum Gasteiger partial charge on any atom is 0.0506 e. The summed E-state index contributed by atoms with van der Waals surface area (Å²) in [5, 5.41) is 3.93. The van der Waals surface area contributed by atoms with Crippen molar-refractivity contribution in [2.45, 2.75) is 64.2 Å². The van der Waals surface area contributed by atoms with Crippen molar-refractivity contribution in [3.63, 3.8) is 0 Å². The van der Waals surface area contributed by atoms with Gasteiger partial charge in [0, 0.05) is 26.4 Å². The fraction of sp³-hybridized carbons (Fsp3) is 1.00. The van der Waals surface area contributed by atoms with Gasteiger partial charge in [-0.15, -0.1) is 0 Å². The Kier molecular flexibility index (Phi) is 12.3. The van der Waals surface area contributed by atoms with E-state index >= 15 is 0 Å². The molecule has 0 amide bonds. The molecule has 19 heavy (non-hydrogen) atoms.